The molecule has 1 aromatic rings. The standard InChI is InChI=1S/C13H19NO/c1-14(2)13(15-3)12-8-7-10-5-4-6-11(10)9-12/h7-9,13H,4-6H2,1-3H3. The molecule has 1 aromatic carbocycles. The van der Waals surface area contributed by atoms with Crippen molar-refractivity contribution in [2.24, 2.45) is 0 Å². The molecule has 0 radical (unpaired) electrons. The van der Waals surface area contributed by atoms with Crippen LogP contribution in [0.1, 0.15) is 29.3 Å². The van der Waals surface area contributed by atoms with Gasteiger partial charge in [0.1, 0.15) is 6.23 Å². The second kappa shape index (κ2) is 4.33. The number of ether oxygens (including phenoxy) is 1. The van der Waals surface area contributed by atoms with Crippen molar-refractivity contribution in [3.05, 3.63) is 34.9 Å². The van der Waals surface area contributed by atoms with Crippen molar-refractivity contribution in [3.63, 3.8) is 0 Å². The van der Waals surface area contributed by atoms with E-state index in [1.807, 2.05) is 14.1 Å². The zero-order chi connectivity index (χ0) is 10.8. The van der Waals surface area contributed by atoms with Gasteiger partial charge >= 0.3 is 0 Å². The first-order valence-corrected chi connectivity index (χ1v) is 5.53. The van der Waals surface area contributed by atoms with Crippen LogP contribution in [-0.4, -0.2) is 26.1 Å². The average Bonchev–Trinajstić information content (AvgIpc) is 2.65. The SMILES string of the molecule is COC(c1ccc2c(c1)CCC2)N(C)C. The Hall–Kier alpha value is -0.860. The first-order valence-electron chi connectivity index (χ1n) is 5.53. The maximum absolute atomic E-state index is 5.48. The van der Waals surface area contributed by atoms with Gasteiger partial charge in [-0.1, -0.05) is 18.2 Å². The van der Waals surface area contributed by atoms with Gasteiger partial charge in [0.2, 0.25) is 0 Å². The fraction of sp³-hybridized carbons (Fsp3) is 0.538. The van der Waals surface area contributed by atoms with E-state index in [2.05, 4.69) is 23.1 Å². The molecule has 0 heterocycles. The van der Waals surface area contributed by atoms with Crippen molar-refractivity contribution < 1.29 is 4.74 Å². The zero-order valence-corrected chi connectivity index (χ0v) is 9.79. The van der Waals surface area contributed by atoms with Crippen molar-refractivity contribution in [2.75, 3.05) is 21.2 Å². The van der Waals surface area contributed by atoms with Gasteiger partial charge in [0, 0.05) is 7.11 Å². The Kier molecular flexibility index (Phi) is 3.08. The first kappa shape index (κ1) is 10.7. The van der Waals surface area contributed by atoms with Gasteiger partial charge in [-0.2, -0.15) is 0 Å². The van der Waals surface area contributed by atoms with E-state index in [-0.39, 0.29) is 6.23 Å². The minimum atomic E-state index is 0.0795. The largest absolute Gasteiger partial charge is 0.362 e. The molecule has 0 bridgehead atoms. The molecular weight excluding hydrogens is 186 g/mol. The summed E-state index contributed by atoms with van der Waals surface area (Å²) in [6.07, 6.45) is 3.86. The van der Waals surface area contributed by atoms with E-state index in [4.69, 9.17) is 4.74 Å². The lowest BCUT2D eigenvalue weighted by Crippen LogP contribution is -2.21. The number of fused-ring (bicyclic) bond motifs is 1. The van der Waals surface area contributed by atoms with Crippen molar-refractivity contribution in [3.8, 4) is 0 Å². The van der Waals surface area contributed by atoms with Crippen LogP contribution in [0.5, 0.6) is 0 Å². The van der Waals surface area contributed by atoms with Gasteiger partial charge in [0.25, 0.3) is 0 Å². The predicted molar refractivity (Wildman–Crippen MR) is 61.9 cm³/mol. The maximum atomic E-state index is 5.48. The molecule has 0 spiro atoms. The molecule has 1 aliphatic rings. The number of nitrogens with zero attached hydrogens (tertiary/aromatic N) is 1. The molecule has 0 N–H and O–H groups in total. The van der Waals surface area contributed by atoms with Crippen LogP contribution in [-0.2, 0) is 17.6 Å². The summed E-state index contributed by atoms with van der Waals surface area (Å²) in [4.78, 5) is 2.09. The van der Waals surface area contributed by atoms with Crippen LogP contribution in [0.25, 0.3) is 0 Å². The van der Waals surface area contributed by atoms with Gasteiger partial charge in [-0.15, -0.1) is 0 Å². The zero-order valence-electron chi connectivity index (χ0n) is 9.79. The smallest absolute Gasteiger partial charge is 0.135 e. The number of benzene rings is 1. The molecule has 0 fully saturated rings. The number of aryl methyl sites for hydroxylation is 2. The molecule has 15 heavy (non-hydrogen) atoms. The molecule has 1 aliphatic carbocycles. The van der Waals surface area contributed by atoms with E-state index < -0.39 is 0 Å². The van der Waals surface area contributed by atoms with Crippen LogP contribution in [0.3, 0.4) is 0 Å². The quantitative estimate of drug-likeness (QED) is 0.702. The molecule has 0 aromatic heterocycles. The van der Waals surface area contributed by atoms with Crippen LogP contribution < -0.4 is 0 Å². The van der Waals surface area contributed by atoms with Crippen LogP contribution >= 0.6 is 0 Å². The fourth-order valence-electron chi connectivity index (χ4n) is 2.39. The Morgan fingerprint density at radius 1 is 1.20 bits per heavy atom. The lowest BCUT2D eigenvalue weighted by molar-refractivity contribution is -0.00544. The Balaban J connectivity index is 2.28. The van der Waals surface area contributed by atoms with E-state index in [1.165, 1.54) is 36.0 Å². The normalized spacial score (nSPS) is 16.8. The lowest BCUT2D eigenvalue weighted by Gasteiger charge is -2.23. The van der Waals surface area contributed by atoms with Gasteiger partial charge in [0.05, 0.1) is 0 Å². The summed E-state index contributed by atoms with van der Waals surface area (Å²) in [6, 6.07) is 6.75. The number of methoxy groups -OCH3 is 1. The predicted octanol–water partition coefficient (Wildman–Crippen LogP) is 2.38. The third kappa shape index (κ3) is 2.06. The van der Waals surface area contributed by atoms with E-state index in [9.17, 15) is 0 Å². The highest BCUT2D eigenvalue weighted by atomic mass is 16.5. The number of hydrogen-bond acceptors (Lipinski definition) is 2. The average molecular weight is 205 g/mol. The monoisotopic (exact) mass is 205 g/mol. The van der Waals surface area contributed by atoms with Crippen molar-refractivity contribution in [1.82, 2.24) is 4.90 Å². The summed E-state index contributed by atoms with van der Waals surface area (Å²) in [5.41, 5.74) is 4.30. The number of rotatable bonds is 3. The molecule has 0 saturated carbocycles. The molecule has 2 heteroatoms. The van der Waals surface area contributed by atoms with Crippen molar-refractivity contribution >= 4 is 0 Å². The molecule has 0 aliphatic heterocycles. The summed E-state index contributed by atoms with van der Waals surface area (Å²) in [5, 5.41) is 0. The van der Waals surface area contributed by atoms with Gasteiger partial charge in [-0.3, -0.25) is 4.90 Å². The van der Waals surface area contributed by atoms with Crippen LogP contribution in [0.4, 0.5) is 0 Å². The second-order valence-electron chi connectivity index (χ2n) is 4.43. The van der Waals surface area contributed by atoms with Crippen molar-refractivity contribution in [1.29, 1.82) is 0 Å². The van der Waals surface area contributed by atoms with E-state index in [0.717, 1.165) is 0 Å². The molecule has 2 rings (SSSR count). The third-order valence-electron chi connectivity index (χ3n) is 3.10. The molecule has 2 nitrogen and oxygen atoms in total. The summed E-state index contributed by atoms with van der Waals surface area (Å²) >= 11 is 0. The van der Waals surface area contributed by atoms with Gasteiger partial charge in [-0.25, -0.2) is 0 Å². The molecular formula is C13H19NO. The van der Waals surface area contributed by atoms with Gasteiger partial charge in [0.15, 0.2) is 0 Å². The topological polar surface area (TPSA) is 12.5 Å². The maximum Gasteiger partial charge on any atom is 0.135 e. The summed E-state index contributed by atoms with van der Waals surface area (Å²) in [6.45, 7) is 0. The Bertz CT molecular complexity index is 346. The molecule has 0 amide bonds. The summed E-state index contributed by atoms with van der Waals surface area (Å²) < 4.78 is 5.48. The van der Waals surface area contributed by atoms with E-state index >= 15 is 0 Å². The highest BCUT2D eigenvalue weighted by Crippen LogP contribution is 2.27. The Labute approximate surface area is 91.9 Å². The van der Waals surface area contributed by atoms with Gasteiger partial charge < -0.3 is 4.74 Å². The first-order chi connectivity index (χ1) is 7.22. The van der Waals surface area contributed by atoms with Crippen LogP contribution in [0, 0.1) is 0 Å². The third-order valence-corrected chi connectivity index (χ3v) is 3.10. The highest BCUT2D eigenvalue weighted by Gasteiger charge is 2.16. The summed E-state index contributed by atoms with van der Waals surface area (Å²) in [7, 11) is 5.85. The van der Waals surface area contributed by atoms with Crippen LogP contribution in [0.2, 0.25) is 0 Å². The number of hydrogen-bond donors (Lipinski definition) is 0. The van der Waals surface area contributed by atoms with Gasteiger partial charge in [-0.05, 0) is 50.0 Å². The highest BCUT2D eigenvalue weighted by molar-refractivity contribution is 5.36. The Morgan fingerprint density at radius 3 is 2.60 bits per heavy atom. The summed E-state index contributed by atoms with van der Waals surface area (Å²) in [5.74, 6) is 0. The van der Waals surface area contributed by atoms with Crippen molar-refractivity contribution in [2.45, 2.75) is 25.5 Å². The Morgan fingerprint density at radius 2 is 1.93 bits per heavy atom. The molecule has 82 valence electrons. The fourth-order valence-corrected chi connectivity index (χ4v) is 2.39. The second-order valence-corrected chi connectivity index (χ2v) is 4.43. The van der Waals surface area contributed by atoms with Crippen LogP contribution in [0.15, 0.2) is 18.2 Å². The van der Waals surface area contributed by atoms with E-state index in [1.54, 1.807) is 7.11 Å². The molecule has 0 saturated heterocycles. The van der Waals surface area contributed by atoms with E-state index in [0.29, 0.717) is 0 Å². The minimum Gasteiger partial charge on any atom is -0.362 e. The minimum absolute atomic E-state index is 0.0795. The molecule has 1 unspecified atom stereocenters. The molecule has 1 atom stereocenters. The lowest BCUT2D eigenvalue weighted by atomic mass is 10.1.